The third-order valence-electron chi connectivity index (χ3n) is 4.05. The van der Waals surface area contributed by atoms with Gasteiger partial charge >= 0.3 is 5.97 Å². The molecule has 0 spiro atoms. The van der Waals surface area contributed by atoms with Gasteiger partial charge in [0, 0.05) is 45.2 Å². The lowest BCUT2D eigenvalue weighted by Gasteiger charge is -2.13. The number of nitrogens with zero attached hydrogens (tertiary/aromatic N) is 2. The van der Waals surface area contributed by atoms with Crippen LogP contribution in [0.5, 0.6) is 0 Å². The maximum absolute atomic E-state index is 12.2. The molecule has 0 bridgehead atoms. The van der Waals surface area contributed by atoms with Crippen molar-refractivity contribution in [2.45, 2.75) is 0 Å². The number of ether oxygens (including phenoxy) is 2. The molecule has 160 valence electrons. The molecule has 0 aliphatic rings. The number of nitrogens with one attached hydrogen (secondary N) is 2. The summed E-state index contributed by atoms with van der Waals surface area (Å²) in [7, 11) is 5.32. The predicted octanol–water partition coefficient (Wildman–Crippen LogP) is 2.51. The van der Waals surface area contributed by atoms with E-state index in [-0.39, 0.29) is 16.9 Å². The zero-order chi connectivity index (χ0) is 22.1. The number of rotatable bonds is 10. The van der Waals surface area contributed by atoms with Gasteiger partial charge in [-0.05, 0) is 36.4 Å². The van der Waals surface area contributed by atoms with Crippen molar-refractivity contribution in [3.8, 4) is 0 Å². The van der Waals surface area contributed by atoms with Crippen LogP contribution >= 0.6 is 0 Å². The topological polar surface area (TPSA) is 123 Å². The SMILES string of the molecule is COCCNc1ccc(C(=O)OCC(=O)Nc2ccc(N(C)C)cc2)cc1[N+](=O)[O-]. The van der Waals surface area contributed by atoms with E-state index in [1.165, 1.54) is 19.2 Å². The molecule has 10 nitrogen and oxygen atoms in total. The van der Waals surface area contributed by atoms with Crippen molar-refractivity contribution >= 4 is 34.6 Å². The van der Waals surface area contributed by atoms with E-state index in [0.29, 0.717) is 18.8 Å². The second-order valence-electron chi connectivity index (χ2n) is 6.47. The molecule has 0 unspecified atom stereocenters. The van der Waals surface area contributed by atoms with Crippen molar-refractivity contribution in [2.24, 2.45) is 0 Å². The van der Waals surface area contributed by atoms with Gasteiger partial charge < -0.3 is 25.0 Å². The molecule has 0 fully saturated rings. The van der Waals surface area contributed by atoms with Crippen LogP contribution in [0.2, 0.25) is 0 Å². The average molecular weight is 416 g/mol. The first-order chi connectivity index (χ1) is 14.3. The van der Waals surface area contributed by atoms with Gasteiger partial charge in [0.05, 0.1) is 17.1 Å². The van der Waals surface area contributed by atoms with Crippen LogP contribution in [-0.2, 0) is 14.3 Å². The average Bonchev–Trinajstić information content (AvgIpc) is 2.72. The van der Waals surface area contributed by atoms with Gasteiger partial charge in [-0.25, -0.2) is 4.79 Å². The Balaban J connectivity index is 1.95. The van der Waals surface area contributed by atoms with Crippen molar-refractivity contribution in [3.63, 3.8) is 0 Å². The molecular weight excluding hydrogens is 392 g/mol. The molecule has 2 rings (SSSR count). The molecule has 0 aliphatic carbocycles. The van der Waals surface area contributed by atoms with E-state index in [1.807, 2.05) is 31.1 Å². The van der Waals surface area contributed by atoms with Crippen molar-refractivity contribution in [2.75, 3.05) is 56.5 Å². The molecule has 1 amide bonds. The molecule has 0 atom stereocenters. The smallest absolute Gasteiger partial charge is 0.338 e. The van der Waals surface area contributed by atoms with Gasteiger partial charge in [0.2, 0.25) is 0 Å². The summed E-state index contributed by atoms with van der Waals surface area (Å²) in [6, 6.07) is 11.0. The minimum absolute atomic E-state index is 0.0258. The second kappa shape index (κ2) is 10.8. The predicted molar refractivity (Wildman–Crippen MR) is 113 cm³/mol. The molecule has 0 heterocycles. The number of methoxy groups -OCH3 is 1. The monoisotopic (exact) mass is 416 g/mol. The summed E-state index contributed by atoms with van der Waals surface area (Å²) in [5.41, 5.74) is 1.49. The van der Waals surface area contributed by atoms with Gasteiger partial charge in [0.15, 0.2) is 6.61 Å². The van der Waals surface area contributed by atoms with Gasteiger partial charge in [-0.3, -0.25) is 14.9 Å². The van der Waals surface area contributed by atoms with E-state index < -0.39 is 23.4 Å². The highest BCUT2D eigenvalue weighted by Gasteiger charge is 2.19. The summed E-state index contributed by atoms with van der Waals surface area (Å²) >= 11 is 0. The van der Waals surface area contributed by atoms with E-state index >= 15 is 0 Å². The molecule has 2 aromatic carbocycles. The Kier molecular flexibility index (Phi) is 8.12. The van der Waals surface area contributed by atoms with Crippen LogP contribution < -0.4 is 15.5 Å². The number of amides is 1. The van der Waals surface area contributed by atoms with Gasteiger partial charge in [0.1, 0.15) is 5.69 Å². The van der Waals surface area contributed by atoms with Crippen molar-refractivity contribution in [1.29, 1.82) is 0 Å². The fourth-order valence-electron chi connectivity index (χ4n) is 2.50. The van der Waals surface area contributed by atoms with E-state index in [4.69, 9.17) is 9.47 Å². The number of nitro groups is 1. The van der Waals surface area contributed by atoms with Crippen LogP contribution in [0.3, 0.4) is 0 Å². The van der Waals surface area contributed by atoms with Gasteiger partial charge in [-0.2, -0.15) is 0 Å². The highest BCUT2D eigenvalue weighted by Crippen LogP contribution is 2.25. The zero-order valence-electron chi connectivity index (χ0n) is 17.0. The summed E-state index contributed by atoms with van der Waals surface area (Å²) in [6.45, 7) is 0.223. The maximum Gasteiger partial charge on any atom is 0.338 e. The van der Waals surface area contributed by atoms with Gasteiger partial charge in [0.25, 0.3) is 11.6 Å². The van der Waals surface area contributed by atoms with Crippen LogP contribution in [0.25, 0.3) is 0 Å². The second-order valence-corrected chi connectivity index (χ2v) is 6.47. The number of anilines is 3. The Morgan fingerprint density at radius 3 is 2.43 bits per heavy atom. The first-order valence-corrected chi connectivity index (χ1v) is 9.07. The third-order valence-corrected chi connectivity index (χ3v) is 4.05. The minimum atomic E-state index is -0.834. The lowest BCUT2D eigenvalue weighted by Crippen LogP contribution is -2.21. The molecule has 2 aromatic rings. The van der Waals surface area contributed by atoms with Crippen LogP contribution in [0.15, 0.2) is 42.5 Å². The number of hydrogen-bond acceptors (Lipinski definition) is 8. The van der Waals surface area contributed by atoms with Crippen LogP contribution in [-0.4, -0.2) is 57.8 Å². The lowest BCUT2D eigenvalue weighted by atomic mass is 10.1. The van der Waals surface area contributed by atoms with E-state index in [0.717, 1.165) is 11.8 Å². The van der Waals surface area contributed by atoms with E-state index in [1.54, 1.807) is 12.1 Å². The number of benzene rings is 2. The Morgan fingerprint density at radius 2 is 1.83 bits per heavy atom. The van der Waals surface area contributed by atoms with Crippen molar-refractivity contribution < 1.29 is 24.0 Å². The number of carbonyl (C=O) groups excluding carboxylic acids is 2. The molecule has 10 heteroatoms. The first-order valence-electron chi connectivity index (χ1n) is 9.07. The number of carbonyl (C=O) groups is 2. The molecular formula is C20H24N4O6. The molecule has 0 aromatic heterocycles. The number of esters is 1. The van der Waals surface area contributed by atoms with Crippen LogP contribution in [0.4, 0.5) is 22.7 Å². The summed E-state index contributed by atoms with van der Waals surface area (Å²) in [6.07, 6.45) is 0. The van der Waals surface area contributed by atoms with Crippen LogP contribution in [0, 0.1) is 10.1 Å². The summed E-state index contributed by atoms with van der Waals surface area (Å²) in [4.78, 5) is 36.8. The van der Waals surface area contributed by atoms with Crippen molar-refractivity contribution in [3.05, 3.63) is 58.1 Å². The third kappa shape index (κ3) is 6.45. The Hall–Kier alpha value is -3.66. The molecule has 2 N–H and O–H groups in total. The normalized spacial score (nSPS) is 10.2. The molecule has 0 aliphatic heterocycles. The first kappa shape index (κ1) is 22.6. The molecule has 0 saturated heterocycles. The molecule has 30 heavy (non-hydrogen) atoms. The quantitative estimate of drug-likeness (QED) is 0.262. The van der Waals surface area contributed by atoms with Gasteiger partial charge in [-0.1, -0.05) is 0 Å². The Labute approximate surface area is 173 Å². The zero-order valence-corrected chi connectivity index (χ0v) is 17.0. The Bertz CT molecular complexity index is 899. The van der Waals surface area contributed by atoms with Gasteiger partial charge in [-0.15, -0.1) is 0 Å². The molecule has 0 radical (unpaired) electrons. The number of nitro benzene ring substituents is 1. The fourth-order valence-corrected chi connectivity index (χ4v) is 2.50. The summed E-state index contributed by atoms with van der Waals surface area (Å²) in [5, 5.41) is 16.8. The minimum Gasteiger partial charge on any atom is -0.452 e. The van der Waals surface area contributed by atoms with E-state index in [9.17, 15) is 19.7 Å². The standard InChI is InChI=1S/C20H24N4O6/c1-23(2)16-7-5-15(6-8-16)22-19(25)13-30-20(26)14-4-9-17(21-10-11-29-3)18(12-14)24(27)28/h4-9,12,21H,10-11,13H2,1-3H3,(H,22,25). The van der Waals surface area contributed by atoms with Crippen LogP contribution in [0.1, 0.15) is 10.4 Å². The maximum atomic E-state index is 12.2. The fraction of sp³-hybridized carbons (Fsp3) is 0.300. The number of hydrogen-bond donors (Lipinski definition) is 2. The van der Waals surface area contributed by atoms with Crippen molar-refractivity contribution in [1.82, 2.24) is 0 Å². The Morgan fingerprint density at radius 1 is 1.13 bits per heavy atom. The highest BCUT2D eigenvalue weighted by atomic mass is 16.6. The largest absolute Gasteiger partial charge is 0.452 e. The summed E-state index contributed by atoms with van der Waals surface area (Å²) < 4.78 is 9.87. The van der Waals surface area contributed by atoms with E-state index in [2.05, 4.69) is 10.6 Å². The molecule has 0 saturated carbocycles. The summed E-state index contributed by atoms with van der Waals surface area (Å²) in [5.74, 6) is -1.35. The highest BCUT2D eigenvalue weighted by molar-refractivity contribution is 5.96. The lowest BCUT2D eigenvalue weighted by molar-refractivity contribution is -0.384.